The Kier molecular flexibility index (Phi) is 10.2. The van der Waals surface area contributed by atoms with Crippen molar-refractivity contribution < 1.29 is 23.4 Å². The van der Waals surface area contributed by atoms with Gasteiger partial charge in [-0.15, -0.1) is 0 Å². The molecule has 10 heteroatoms. The fourth-order valence-electron chi connectivity index (χ4n) is 4.51. The number of halogens is 2. The van der Waals surface area contributed by atoms with Crippen molar-refractivity contribution in [1.82, 2.24) is 9.99 Å². The summed E-state index contributed by atoms with van der Waals surface area (Å²) in [6, 6.07) is 26.7. The third-order valence-electron chi connectivity index (χ3n) is 6.68. The van der Waals surface area contributed by atoms with E-state index in [0.29, 0.717) is 36.2 Å². The van der Waals surface area contributed by atoms with Crippen LogP contribution < -0.4 is 19.6 Å². The molecule has 0 radical (unpaired) electrons. The normalized spacial score (nSPS) is 11.1. The highest BCUT2D eigenvalue weighted by atomic mass is 79.9. The third-order valence-corrected chi connectivity index (χ3v) is 7.91. The van der Waals surface area contributed by atoms with Crippen molar-refractivity contribution in [2.45, 2.75) is 34.0 Å². The van der Waals surface area contributed by atoms with E-state index in [1.165, 1.54) is 17.6 Å². The van der Waals surface area contributed by atoms with E-state index in [4.69, 9.17) is 18.6 Å². The van der Waals surface area contributed by atoms with Gasteiger partial charge in [-0.2, -0.15) is 5.10 Å². The van der Waals surface area contributed by atoms with Gasteiger partial charge in [0.05, 0.1) is 12.8 Å². The van der Waals surface area contributed by atoms with Gasteiger partial charge in [-0.3, -0.25) is 4.79 Å². The molecule has 0 atom stereocenters. The van der Waals surface area contributed by atoms with E-state index in [2.05, 4.69) is 72.9 Å². The molecule has 1 amide bonds. The van der Waals surface area contributed by atoms with E-state index >= 15 is 0 Å². The first-order valence-electron chi connectivity index (χ1n) is 13.9. The van der Waals surface area contributed by atoms with Gasteiger partial charge in [0.2, 0.25) is 0 Å². The standard InChI is InChI=1S/C34H31Br2N3O5/c1-4-41-33-17-24(7-15-31(33)43-20-25-8-9-26(35)18-30(25)36)19-37-38-34(40)32-16-14-29(44-32)21-42-28-12-10-27(11-13-28)39-22(2)5-6-23(39)3/h5-19H,4,20-21H2,1-3H3,(H,38,40)/b37-19+. The van der Waals surface area contributed by atoms with Crippen molar-refractivity contribution in [3.63, 3.8) is 0 Å². The summed E-state index contributed by atoms with van der Waals surface area (Å²) in [5.74, 6) is 2.07. The lowest BCUT2D eigenvalue weighted by Gasteiger charge is -2.13. The van der Waals surface area contributed by atoms with E-state index in [-0.39, 0.29) is 12.4 Å². The Morgan fingerprint density at radius 2 is 1.64 bits per heavy atom. The number of hydrogen-bond donors (Lipinski definition) is 1. The molecule has 8 nitrogen and oxygen atoms in total. The molecule has 0 fully saturated rings. The monoisotopic (exact) mass is 719 g/mol. The molecule has 5 aromatic rings. The van der Waals surface area contributed by atoms with Crippen molar-refractivity contribution in [1.29, 1.82) is 0 Å². The molecule has 2 aromatic heterocycles. The molecule has 3 aromatic carbocycles. The van der Waals surface area contributed by atoms with Crippen molar-refractivity contribution in [2.24, 2.45) is 5.10 Å². The van der Waals surface area contributed by atoms with Crippen LogP contribution in [0, 0.1) is 13.8 Å². The average molecular weight is 721 g/mol. The number of hydrogen-bond acceptors (Lipinski definition) is 6. The fourth-order valence-corrected chi connectivity index (χ4v) is 5.67. The molecule has 1 N–H and O–H groups in total. The van der Waals surface area contributed by atoms with Crippen LogP contribution in [0.4, 0.5) is 0 Å². The van der Waals surface area contributed by atoms with Crippen LogP contribution in [-0.4, -0.2) is 23.3 Å². The van der Waals surface area contributed by atoms with Gasteiger partial charge < -0.3 is 23.2 Å². The predicted molar refractivity (Wildman–Crippen MR) is 177 cm³/mol. The van der Waals surface area contributed by atoms with Crippen LogP contribution >= 0.6 is 31.9 Å². The summed E-state index contributed by atoms with van der Waals surface area (Å²) in [7, 11) is 0. The number of rotatable bonds is 12. The lowest BCUT2D eigenvalue weighted by Crippen LogP contribution is -2.16. The number of nitrogens with zero attached hydrogens (tertiary/aromatic N) is 2. The highest BCUT2D eigenvalue weighted by Gasteiger charge is 2.12. The molecule has 0 aliphatic carbocycles. The molecule has 226 valence electrons. The first kappa shape index (κ1) is 31.2. The van der Waals surface area contributed by atoms with E-state index in [1.54, 1.807) is 18.2 Å². The zero-order valence-electron chi connectivity index (χ0n) is 24.5. The van der Waals surface area contributed by atoms with Crippen molar-refractivity contribution in [3.8, 4) is 22.9 Å². The van der Waals surface area contributed by atoms with Crippen molar-refractivity contribution in [2.75, 3.05) is 6.61 Å². The molecule has 5 rings (SSSR count). The van der Waals surface area contributed by atoms with E-state index in [1.807, 2.05) is 61.5 Å². The number of hydrazone groups is 1. The van der Waals surface area contributed by atoms with Gasteiger partial charge in [0.15, 0.2) is 17.3 Å². The van der Waals surface area contributed by atoms with E-state index in [0.717, 1.165) is 25.8 Å². The summed E-state index contributed by atoms with van der Waals surface area (Å²) in [6.45, 7) is 7.08. The zero-order chi connectivity index (χ0) is 31.1. The largest absolute Gasteiger partial charge is 0.490 e. The maximum Gasteiger partial charge on any atom is 0.307 e. The minimum absolute atomic E-state index is 0.132. The number of aromatic nitrogens is 1. The Bertz CT molecular complexity index is 1760. The first-order valence-corrected chi connectivity index (χ1v) is 15.5. The number of aryl methyl sites for hydroxylation is 2. The summed E-state index contributed by atoms with van der Waals surface area (Å²) in [4.78, 5) is 12.6. The van der Waals surface area contributed by atoms with Crippen molar-refractivity contribution in [3.05, 3.63) is 128 Å². The molecular weight excluding hydrogens is 690 g/mol. The number of amides is 1. The number of furan rings is 1. The highest BCUT2D eigenvalue weighted by Crippen LogP contribution is 2.30. The van der Waals surface area contributed by atoms with Gasteiger partial charge in [0, 0.05) is 31.6 Å². The van der Waals surface area contributed by atoms with Crippen LogP contribution in [0.25, 0.3) is 5.69 Å². The maximum atomic E-state index is 12.6. The minimum Gasteiger partial charge on any atom is -0.490 e. The Morgan fingerprint density at radius 3 is 2.36 bits per heavy atom. The second kappa shape index (κ2) is 14.5. The number of ether oxygens (including phenoxy) is 3. The first-order chi connectivity index (χ1) is 21.3. The van der Waals surface area contributed by atoms with Gasteiger partial charge in [-0.25, -0.2) is 5.43 Å². The number of carbonyl (C=O) groups excluding carboxylic acids is 1. The fraction of sp³-hybridized carbons (Fsp3) is 0.176. The zero-order valence-corrected chi connectivity index (χ0v) is 27.6. The van der Waals surface area contributed by atoms with E-state index < -0.39 is 5.91 Å². The van der Waals surface area contributed by atoms with Crippen LogP contribution in [0.1, 0.15) is 45.8 Å². The smallest absolute Gasteiger partial charge is 0.307 e. The van der Waals surface area contributed by atoms with Gasteiger partial charge in [-0.05, 0) is 105 Å². The Hall–Kier alpha value is -4.28. The molecule has 0 aliphatic rings. The summed E-state index contributed by atoms with van der Waals surface area (Å²) in [5.41, 5.74) is 7.64. The number of nitrogens with one attached hydrogen (secondary N) is 1. The van der Waals surface area contributed by atoms with Crippen LogP contribution in [0.3, 0.4) is 0 Å². The van der Waals surface area contributed by atoms with Crippen LogP contribution in [0.5, 0.6) is 17.2 Å². The predicted octanol–water partition coefficient (Wildman–Crippen LogP) is 8.53. The highest BCUT2D eigenvalue weighted by molar-refractivity contribution is 9.11. The van der Waals surface area contributed by atoms with Gasteiger partial charge in [0.25, 0.3) is 0 Å². The summed E-state index contributed by atoms with van der Waals surface area (Å²) >= 11 is 7.02. The molecule has 2 heterocycles. The molecule has 0 spiro atoms. The second-order valence-electron chi connectivity index (χ2n) is 9.86. The van der Waals surface area contributed by atoms with Crippen LogP contribution in [0.2, 0.25) is 0 Å². The minimum atomic E-state index is -0.473. The lowest BCUT2D eigenvalue weighted by atomic mass is 10.2. The van der Waals surface area contributed by atoms with Crippen LogP contribution in [0.15, 0.2) is 103 Å². The van der Waals surface area contributed by atoms with Gasteiger partial charge >= 0.3 is 5.91 Å². The lowest BCUT2D eigenvalue weighted by molar-refractivity contribution is 0.0923. The van der Waals surface area contributed by atoms with Crippen LogP contribution in [-0.2, 0) is 13.2 Å². The SMILES string of the molecule is CCOc1cc(/C=N/NC(=O)c2ccc(COc3ccc(-n4c(C)ccc4C)cc3)o2)ccc1OCc1ccc(Br)cc1Br. The quantitative estimate of drug-likeness (QED) is 0.103. The maximum absolute atomic E-state index is 12.6. The Labute approximate surface area is 272 Å². The summed E-state index contributed by atoms with van der Waals surface area (Å²) in [6.07, 6.45) is 1.53. The van der Waals surface area contributed by atoms with Gasteiger partial charge in [-0.1, -0.05) is 37.9 Å². The summed E-state index contributed by atoms with van der Waals surface area (Å²) < 4.78 is 27.4. The number of benzene rings is 3. The molecule has 0 saturated carbocycles. The molecule has 0 saturated heterocycles. The molecule has 44 heavy (non-hydrogen) atoms. The Balaban J connectivity index is 1.14. The Morgan fingerprint density at radius 1 is 0.864 bits per heavy atom. The number of carbonyl (C=O) groups is 1. The third kappa shape index (κ3) is 7.81. The molecule has 0 bridgehead atoms. The molecular formula is C34H31Br2N3O5. The van der Waals surface area contributed by atoms with Crippen molar-refractivity contribution >= 4 is 44.0 Å². The van der Waals surface area contributed by atoms with E-state index in [9.17, 15) is 4.79 Å². The topological polar surface area (TPSA) is 87.2 Å². The summed E-state index contributed by atoms with van der Waals surface area (Å²) in [5, 5.41) is 4.08. The molecule has 0 unspecified atom stereocenters. The van der Waals surface area contributed by atoms with Gasteiger partial charge in [0.1, 0.15) is 24.7 Å². The molecule has 0 aliphatic heterocycles. The second-order valence-corrected chi connectivity index (χ2v) is 11.6. The average Bonchev–Trinajstić information content (AvgIpc) is 3.63.